The van der Waals surface area contributed by atoms with Gasteiger partial charge in [-0.25, -0.2) is 13.1 Å². The van der Waals surface area contributed by atoms with Gasteiger partial charge in [0.15, 0.2) is 5.69 Å². The first kappa shape index (κ1) is 20.9. The van der Waals surface area contributed by atoms with Crippen LogP contribution in [-0.4, -0.2) is 18.2 Å². The zero-order valence-corrected chi connectivity index (χ0v) is 17.1. The number of sulfonamides is 1. The standard InChI is InChI=1S/C20H20F3N3O2S/c1-12-11-13(2)15(4)19(14(12)3)29(27,28)25-16-5-7-17(8-6-16)26-10-9-18(24-26)20(21,22)23/h5-11,25H,1-4H3. The van der Waals surface area contributed by atoms with Crippen LogP contribution in [0.4, 0.5) is 18.9 Å². The van der Waals surface area contributed by atoms with Crippen molar-refractivity contribution in [3.05, 3.63) is 70.5 Å². The lowest BCUT2D eigenvalue weighted by Gasteiger charge is -2.17. The first-order valence-corrected chi connectivity index (χ1v) is 10.2. The van der Waals surface area contributed by atoms with Crippen molar-refractivity contribution in [1.82, 2.24) is 9.78 Å². The zero-order valence-electron chi connectivity index (χ0n) is 16.3. The topological polar surface area (TPSA) is 64.0 Å². The second-order valence-electron chi connectivity index (χ2n) is 6.89. The molecule has 0 saturated heterocycles. The number of nitrogens with zero attached hydrogens (tertiary/aromatic N) is 2. The molecule has 3 rings (SSSR count). The fraction of sp³-hybridized carbons (Fsp3) is 0.250. The van der Waals surface area contributed by atoms with Crippen LogP contribution in [0.25, 0.3) is 5.69 Å². The van der Waals surface area contributed by atoms with Crippen LogP contribution in [0.3, 0.4) is 0 Å². The molecular weight excluding hydrogens is 403 g/mol. The monoisotopic (exact) mass is 423 g/mol. The Kier molecular flexibility index (Phi) is 5.20. The van der Waals surface area contributed by atoms with Crippen molar-refractivity contribution in [1.29, 1.82) is 0 Å². The van der Waals surface area contributed by atoms with Crippen LogP contribution in [0.15, 0.2) is 47.5 Å². The van der Waals surface area contributed by atoms with E-state index < -0.39 is 21.9 Å². The maximum absolute atomic E-state index is 13.0. The number of alkyl halides is 3. The van der Waals surface area contributed by atoms with Gasteiger partial charge in [-0.05, 0) is 80.3 Å². The lowest BCUT2D eigenvalue weighted by molar-refractivity contribution is -0.141. The second kappa shape index (κ2) is 7.22. The molecule has 0 aliphatic carbocycles. The lowest BCUT2D eigenvalue weighted by Crippen LogP contribution is -2.17. The summed E-state index contributed by atoms with van der Waals surface area (Å²) in [6.45, 7) is 7.23. The number of aromatic nitrogens is 2. The Morgan fingerprint density at radius 1 is 0.931 bits per heavy atom. The summed E-state index contributed by atoms with van der Waals surface area (Å²) in [5.74, 6) is 0. The molecule has 0 fully saturated rings. The minimum Gasteiger partial charge on any atom is -0.280 e. The van der Waals surface area contributed by atoms with Gasteiger partial charge in [-0.15, -0.1) is 0 Å². The predicted molar refractivity (Wildman–Crippen MR) is 105 cm³/mol. The van der Waals surface area contributed by atoms with Gasteiger partial charge in [0.1, 0.15) is 0 Å². The van der Waals surface area contributed by atoms with Crippen molar-refractivity contribution in [2.75, 3.05) is 4.72 Å². The summed E-state index contributed by atoms with van der Waals surface area (Å²) >= 11 is 0. The molecule has 1 heterocycles. The van der Waals surface area contributed by atoms with Gasteiger partial charge in [0.2, 0.25) is 0 Å². The van der Waals surface area contributed by atoms with Crippen molar-refractivity contribution >= 4 is 15.7 Å². The fourth-order valence-electron chi connectivity index (χ4n) is 3.09. The molecule has 0 radical (unpaired) electrons. The minimum atomic E-state index is -4.53. The fourth-order valence-corrected chi connectivity index (χ4v) is 4.77. The summed E-state index contributed by atoms with van der Waals surface area (Å²) in [5, 5.41) is 3.50. The Morgan fingerprint density at radius 2 is 1.48 bits per heavy atom. The lowest BCUT2D eigenvalue weighted by atomic mass is 10.0. The van der Waals surface area contributed by atoms with Crippen LogP contribution >= 0.6 is 0 Å². The summed E-state index contributed by atoms with van der Waals surface area (Å²) in [5.41, 5.74) is 2.79. The van der Waals surface area contributed by atoms with E-state index in [0.717, 1.165) is 21.9 Å². The maximum Gasteiger partial charge on any atom is 0.435 e. The molecule has 1 N–H and O–H groups in total. The number of hydrogen-bond donors (Lipinski definition) is 1. The van der Waals surface area contributed by atoms with Crippen molar-refractivity contribution < 1.29 is 21.6 Å². The number of aryl methyl sites for hydroxylation is 2. The number of hydrogen-bond acceptors (Lipinski definition) is 3. The Balaban J connectivity index is 1.89. The Bertz CT molecular complexity index is 1140. The van der Waals surface area contributed by atoms with Gasteiger partial charge in [-0.1, -0.05) is 6.07 Å². The average Bonchev–Trinajstić information content (AvgIpc) is 3.11. The summed E-state index contributed by atoms with van der Waals surface area (Å²) in [6.07, 6.45) is -3.33. The third-order valence-electron chi connectivity index (χ3n) is 4.83. The average molecular weight is 423 g/mol. The number of rotatable bonds is 4. The van der Waals surface area contributed by atoms with Gasteiger partial charge in [-0.3, -0.25) is 4.72 Å². The molecule has 0 bridgehead atoms. The Labute approximate surface area is 167 Å². The summed E-state index contributed by atoms with van der Waals surface area (Å²) < 4.78 is 67.6. The Morgan fingerprint density at radius 3 is 1.97 bits per heavy atom. The molecule has 2 aromatic carbocycles. The minimum absolute atomic E-state index is 0.237. The highest BCUT2D eigenvalue weighted by Crippen LogP contribution is 2.29. The molecule has 9 heteroatoms. The van der Waals surface area contributed by atoms with Gasteiger partial charge < -0.3 is 0 Å². The number of benzene rings is 2. The third kappa shape index (κ3) is 4.14. The molecule has 154 valence electrons. The van der Waals surface area contributed by atoms with Gasteiger partial charge in [0, 0.05) is 11.9 Å². The molecule has 0 aliphatic heterocycles. The van der Waals surface area contributed by atoms with E-state index in [2.05, 4.69) is 9.82 Å². The molecular formula is C20H20F3N3O2S. The van der Waals surface area contributed by atoms with Crippen LogP contribution in [0.5, 0.6) is 0 Å². The van der Waals surface area contributed by atoms with Crippen molar-refractivity contribution in [2.24, 2.45) is 0 Å². The number of anilines is 1. The maximum atomic E-state index is 13.0. The van der Waals surface area contributed by atoms with Gasteiger partial charge in [0.05, 0.1) is 10.6 Å². The largest absolute Gasteiger partial charge is 0.435 e. The van der Waals surface area contributed by atoms with E-state index in [4.69, 9.17) is 0 Å². The highest BCUT2D eigenvalue weighted by atomic mass is 32.2. The molecule has 5 nitrogen and oxygen atoms in total. The smallest absolute Gasteiger partial charge is 0.280 e. The molecule has 29 heavy (non-hydrogen) atoms. The molecule has 1 aromatic heterocycles. The van der Waals surface area contributed by atoms with Gasteiger partial charge >= 0.3 is 6.18 Å². The first-order chi connectivity index (χ1) is 13.4. The molecule has 3 aromatic rings. The van der Waals surface area contributed by atoms with E-state index in [0.29, 0.717) is 22.5 Å². The van der Waals surface area contributed by atoms with Crippen LogP contribution in [0.2, 0.25) is 0 Å². The molecule has 0 amide bonds. The van der Waals surface area contributed by atoms with E-state index in [9.17, 15) is 21.6 Å². The van der Waals surface area contributed by atoms with Gasteiger partial charge in [-0.2, -0.15) is 18.3 Å². The van der Waals surface area contributed by atoms with E-state index in [1.165, 1.54) is 30.5 Å². The van der Waals surface area contributed by atoms with E-state index in [1.807, 2.05) is 19.9 Å². The van der Waals surface area contributed by atoms with Crippen LogP contribution in [-0.2, 0) is 16.2 Å². The quantitative estimate of drug-likeness (QED) is 0.648. The van der Waals surface area contributed by atoms with E-state index in [1.54, 1.807) is 13.8 Å². The van der Waals surface area contributed by atoms with E-state index >= 15 is 0 Å². The highest BCUT2D eigenvalue weighted by molar-refractivity contribution is 7.92. The molecule has 0 atom stereocenters. The van der Waals surface area contributed by atoms with Crippen LogP contribution in [0.1, 0.15) is 27.9 Å². The molecule has 0 unspecified atom stereocenters. The Hall–Kier alpha value is -2.81. The summed E-state index contributed by atoms with van der Waals surface area (Å²) in [6, 6.07) is 8.77. The van der Waals surface area contributed by atoms with Crippen LogP contribution in [0, 0.1) is 27.7 Å². The van der Waals surface area contributed by atoms with Gasteiger partial charge in [0.25, 0.3) is 10.0 Å². The molecule has 0 spiro atoms. The summed E-state index contributed by atoms with van der Waals surface area (Å²) in [7, 11) is -3.83. The molecule has 0 saturated carbocycles. The normalized spacial score (nSPS) is 12.2. The molecule has 0 aliphatic rings. The van der Waals surface area contributed by atoms with Crippen molar-refractivity contribution in [3.63, 3.8) is 0 Å². The first-order valence-electron chi connectivity index (χ1n) is 8.73. The summed E-state index contributed by atoms with van der Waals surface area (Å²) in [4.78, 5) is 0.237. The number of halogens is 3. The second-order valence-corrected chi connectivity index (χ2v) is 8.50. The van der Waals surface area contributed by atoms with Crippen molar-refractivity contribution in [2.45, 2.75) is 38.8 Å². The zero-order chi connectivity index (χ0) is 21.6. The van der Waals surface area contributed by atoms with E-state index in [-0.39, 0.29) is 4.90 Å². The predicted octanol–water partition coefficient (Wildman–Crippen LogP) is 4.93. The van der Waals surface area contributed by atoms with Crippen molar-refractivity contribution in [3.8, 4) is 5.69 Å². The third-order valence-corrected chi connectivity index (χ3v) is 6.48. The SMILES string of the molecule is Cc1cc(C)c(C)c(S(=O)(=O)Nc2ccc(-n3ccc(C(F)(F)F)n3)cc2)c1C. The van der Waals surface area contributed by atoms with Crippen LogP contribution < -0.4 is 4.72 Å². The number of nitrogens with one attached hydrogen (secondary N) is 1. The highest BCUT2D eigenvalue weighted by Gasteiger charge is 2.33.